The summed E-state index contributed by atoms with van der Waals surface area (Å²) in [6, 6.07) is 7.49. The molecule has 0 bridgehead atoms. The van der Waals surface area contributed by atoms with Crippen molar-refractivity contribution < 1.29 is 91.7 Å². The van der Waals surface area contributed by atoms with Crippen LogP contribution in [0.15, 0.2) is 85.9 Å². The molecule has 2 amide bonds. The number of hydrogen-bond donors (Lipinski definition) is 4. The van der Waals surface area contributed by atoms with Crippen molar-refractivity contribution in [1.29, 1.82) is 0 Å². The molecule has 0 spiro atoms. The minimum atomic E-state index is -4.75. The molecule has 0 radical (unpaired) electrons. The van der Waals surface area contributed by atoms with Crippen LogP contribution in [-0.2, 0) is 88.9 Å². The summed E-state index contributed by atoms with van der Waals surface area (Å²) in [6.07, 6.45) is 2.13. The quantitative estimate of drug-likeness (QED) is 0.0409. The molecule has 2 atom stereocenters. The zero-order chi connectivity index (χ0) is 52.6. The molecular weight excluding hydrogens is 1010 g/mol. The Bertz CT molecular complexity index is 2900. The first-order valence-corrected chi connectivity index (χ1v) is 27.2. The van der Waals surface area contributed by atoms with Gasteiger partial charge in [-0.1, -0.05) is 0 Å². The van der Waals surface area contributed by atoms with Crippen LogP contribution < -0.4 is 4.90 Å². The van der Waals surface area contributed by atoms with Crippen LogP contribution in [0, 0.1) is 0 Å². The number of carbonyl (C=O) groups is 4. The van der Waals surface area contributed by atoms with Gasteiger partial charge in [0.25, 0.3) is 42.2 Å². The first-order chi connectivity index (χ1) is 33.9. The van der Waals surface area contributed by atoms with E-state index in [1.54, 1.807) is 25.9 Å². The Kier molecular flexibility index (Phi) is 18.1. The molecule has 72 heavy (non-hydrogen) atoms. The van der Waals surface area contributed by atoms with E-state index in [-0.39, 0.29) is 106 Å². The predicted molar refractivity (Wildman–Crippen MR) is 254 cm³/mol. The molecule has 3 aliphatic heterocycles. The van der Waals surface area contributed by atoms with Gasteiger partial charge >= 0.3 is 5.97 Å². The second-order valence-electron chi connectivity index (χ2n) is 17.5. The van der Waals surface area contributed by atoms with Crippen molar-refractivity contribution in [2.24, 2.45) is 4.99 Å². The van der Waals surface area contributed by atoms with Gasteiger partial charge in [-0.15, -0.1) is 5.06 Å². The number of aliphatic imine (C=N–C) groups is 1. The first kappa shape index (κ1) is 56.0. The van der Waals surface area contributed by atoms with E-state index in [2.05, 4.69) is 4.99 Å². The third-order valence-electron chi connectivity index (χ3n) is 12.6. The lowest BCUT2D eigenvalue weighted by Gasteiger charge is -2.32. The molecule has 26 heteroatoms. The number of benzene rings is 2. The number of hydrogen-bond acceptors (Lipinski definition) is 19. The molecule has 1 aliphatic carbocycles. The number of Topliss-reactive ketones (excluding diaryl/α,β-unsaturated/α-hetero) is 1. The lowest BCUT2D eigenvalue weighted by atomic mass is 9.73. The minimum absolute atomic E-state index is 0.000142. The first-order valence-electron chi connectivity index (χ1n) is 22.7. The maximum atomic E-state index is 14.2. The average molecular weight is 1070 g/mol. The number of amides is 2. The van der Waals surface area contributed by atoms with Gasteiger partial charge in [0.1, 0.15) is 5.76 Å². The third kappa shape index (κ3) is 13.3. The van der Waals surface area contributed by atoms with Crippen molar-refractivity contribution in [2.75, 3.05) is 83.8 Å². The maximum absolute atomic E-state index is 14.2. The number of rotatable bonds is 28. The molecule has 2 unspecified atom stereocenters. The van der Waals surface area contributed by atoms with Gasteiger partial charge in [0.15, 0.2) is 0 Å². The predicted octanol–water partition coefficient (Wildman–Crippen LogP) is 3.67. The summed E-state index contributed by atoms with van der Waals surface area (Å²) >= 11 is 0. The summed E-state index contributed by atoms with van der Waals surface area (Å²) in [4.78, 5) is 61.8. The van der Waals surface area contributed by atoms with Crippen molar-refractivity contribution in [3.63, 3.8) is 0 Å². The fourth-order valence-corrected chi connectivity index (χ4v) is 10.2. The fourth-order valence-electron chi connectivity index (χ4n) is 8.68. The highest BCUT2D eigenvalue weighted by atomic mass is 32.2. The van der Waals surface area contributed by atoms with E-state index in [1.165, 1.54) is 42.5 Å². The van der Waals surface area contributed by atoms with Crippen LogP contribution in [0.5, 0.6) is 0 Å². The van der Waals surface area contributed by atoms with Gasteiger partial charge in [-0.25, -0.2) is 4.79 Å². The van der Waals surface area contributed by atoms with Crippen LogP contribution in [-0.4, -0.2) is 157 Å². The van der Waals surface area contributed by atoms with Crippen molar-refractivity contribution in [2.45, 2.75) is 79.4 Å². The second kappa shape index (κ2) is 23.3. The molecule has 23 nitrogen and oxygen atoms in total. The summed E-state index contributed by atoms with van der Waals surface area (Å²) in [5, 5.41) is 12.1. The highest BCUT2D eigenvalue weighted by Crippen LogP contribution is 2.52. The molecule has 4 aliphatic rings. The van der Waals surface area contributed by atoms with Gasteiger partial charge in [-0.05, 0) is 99.2 Å². The van der Waals surface area contributed by atoms with E-state index in [0.717, 1.165) is 6.07 Å². The number of ketones is 1. The Hall–Kier alpha value is -5.26. The molecule has 0 aromatic heterocycles. The largest absolute Gasteiger partial charge is 0.506 e. The van der Waals surface area contributed by atoms with Gasteiger partial charge in [-0.2, -0.15) is 25.3 Å². The Labute approximate surface area is 416 Å². The van der Waals surface area contributed by atoms with Crippen molar-refractivity contribution >= 4 is 71.0 Å². The number of hydroxylamine groups is 2. The Balaban J connectivity index is 1.30. The number of aliphatic hydroxyl groups is 1. The van der Waals surface area contributed by atoms with E-state index in [4.69, 9.17) is 28.5 Å². The summed E-state index contributed by atoms with van der Waals surface area (Å²) in [7, 11) is -12.3. The molecule has 0 saturated carbocycles. The summed E-state index contributed by atoms with van der Waals surface area (Å²) < 4.78 is 129. The normalized spacial score (nSPS) is 21.2. The number of aliphatic hydroxyl groups excluding tert-OH is 1. The lowest BCUT2D eigenvalue weighted by Crippen LogP contribution is -2.34. The molecule has 2 aromatic carbocycles. The van der Waals surface area contributed by atoms with Crippen LogP contribution in [0.2, 0.25) is 0 Å². The van der Waals surface area contributed by atoms with Gasteiger partial charge < -0.3 is 38.5 Å². The number of anilines is 1. The number of ether oxygens (including phenoxy) is 5. The number of fused-ring (bicyclic) bond motifs is 2. The third-order valence-corrected chi connectivity index (χ3v) is 15.1. The van der Waals surface area contributed by atoms with Gasteiger partial charge in [0.2, 0.25) is 5.78 Å². The standard InChI is InChI=1S/C46H57N3O20S3/c1-45(13-5-25-70(55,56)57)34-26-30(71(58,59)60)7-9-36(34)47-38(45)28-32-43(53)33(44(32)54)29-39-46(2,14-16-65-19-20-67-23-24-68-22-21-66-18-17-64-3)35-27-31(72(61,62)63)8-10-37(35)48(39)15-4-6-42(52)69-49-40(50)11-12-41(49)51/h7-10,26-29,53H,4-6,11-25H2,1-3H3,(H,55,56,57)(H,58,59,60)(H,61,62,63)/b32-28-,39-29+. The van der Waals surface area contributed by atoms with Crippen molar-refractivity contribution in [3.05, 3.63) is 82.3 Å². The zero-order valence-corrected chi connectivity index (χ0v) is 42.2. The number of nitrogens with zero attached hydrogens (tertiary/aromatic N) is 3. The SMILES string of the molecule is COCCOCCOCCOCCOCCC1(C)/C(=C\C2=C(O)C(=C/C3=Nc4ccc(S(=O)(=O)O)cc4C3(C)CCCS(=O)(=O)O)/C2=O)N(CCCC(=O)ON2C(=O)CCC2=O)c2ccc(S(=O)(=O)O)cc21. The van der Waals surface area contributed by atoms with Gasteiger partial charge in [0, 0.05) is 61.7 Å². The number of allylic oxidation sites excluding steroid dienone is 5. The maximum Gasteiger partial charge on any atom is 0.333 e. The fraction of sp³-hybridized carbons (Fsp3) is 0.500. The second-order valence-corrected chi connectivity index (χ2v) is 21.9. The minimum Gasteiger partial charge on any atom is -0.506 e. The van der Waals surface area contributed by atoms with E-state index in [0.29, 0.717) is 55.0 Å². The van der Waals surface area contributed by atoms with Crippen LogP contribution >= 0.6 is 0 Å². The Morgan fingerprint density at radius 2 is 1.28 bits per heavy atom. The molecular formula is C46H57N3O20S3. The monoisotopic (exact) mass is 1070 g/mol. The molecule has 394 valence electrons. The van der Waals surface area contributed by atoms with E-state index < -0.39 is 86.1 Å². The molecule has 1 saturated heterocycles. The van der Waals surface area contributed by atoms with Crippen LogP contribution in [0.25, 0.3) is 0 Å². The Morgan fingerprint density at radius 3 is 1.83 bits per heavy atom. The van der Waals surface area contributed by atoms with Crippen LogP contribution in [0.1, 0.15) is 69.9 Å². The van der Waals surface area contributed by atoms with Crippen molar-refractivity contribution in [3.8, 4) is 0 Å². The summed E-state index contributed by atoms with van der Waals surface area (Å²) in [5.41, 5.74) is -1.22. The van der Waals surface area contributed by atoms with E-state index in [9.17, 15) is 63.2 Å². The lowest BCUT2D eigenvalue weighted by molar-refractivity contribution is -0.197. The molecule has 2 aromatic rings. The highest BCUT2D eigenvalue weighted by Gasteiger charge is 2.47. The Morgan fingerprint density at radius 1 is 0.722 bits per heavy atom. The highest BCUT2D eigenvalue weighted by molar-refractivity contribution is 7.86. The van der Waals surface area contributed by atoms with Gasteiger partial charge in [0.05, 0.1) is 90.9 Å². The van der Waals surface area contributed by atoms with Crippen LogP contribution in [0.4, 0.5) is 11.4 Å². The zero-order valence-electron chi connectivity index (χ0n) is 39.7. The van der Waals surface area contributed by atoms with E-state index >= 15 is 0 Å². The molecule has 6 rings (SSSR count). The van der Waals surface area contributed by atoms with E-state index in [1.807, 2.05) is 0 Å². The molecule has 3 heterocycles. The number of carbonyl (C=O) groups excluding carboxylic acids is 4. The molecule has 4 N–H and O–H groups in total. The van der Waals surface area contributed by atoms with Gasteiger partial charge in [-0.3, -0.25) is 33.0 Å². The molecule has 1 fully saturated rings. The average Bonchev–Trinajstić information content (AvgIpc) is 3.86. The summed E-state index contributed by atoms with van der Waals surface area (Å²) in [6.45, 7) is 5.97. The van der Waals surface area contributed by atoms with Crippen LogP contribution in [0.3, 0.4) is 0 Å². The topological polar surface area (TPSA) is 326 Å². The van der Waals surface area contributed by atoms with Crippen molar-refractivity contribution in [1.82, 2.24) is 5.06 Å². The number of methoxy groups -OCH3 is 1. The smallest absolute Gasteiger partial charge is 0.333 e. The summed E-state index contributed by atoms with van der Waals surface area (Å²) in [5.74, 6) is -4.07. The number of imide groups is 1.